The van der Waals surface area contributed by atoms with Gasteiger partial charge in [0.05, 0.1) is 11.8 Å². The highest BCUT2D eigenvalue weighted by Gasteiger charge is 2.15. The van der Waals surface area contributed by atoms with Gasteiger partial charge in [-0.15, -0.1) is 0 Å². The number of carbonyl (C=O) groups excluding carboxylic acids is 1. The molecule has 0 radical (unpaired) electrons. The SMILES string of the molecule is Cc1nc(-c2cc3c(-c4ccc(-c5cnn(CC(=O)N(C)C)c5)cc4)cncc3cc2F)n[nH]1. The van der Waals surface area contributed by atoms with Gasteiger partial charge in [0.15, 0.2) is 5.82 Å². The van der Waals surface area contributed by atoms with E-state index >= 15 is 0 Å². The molecule has 9 heteroatoms. The molecule has 5 rings (SSSR count). The predicted octanol–water partition coefficient (Wildman–Crippen LogP) is 4.09. The molecule has 0 saturated heterocycles. The normalized spacial score (nSPS) is 11.2. The van der Waals surface area contributed by atoms with Gasteiger partial charge >= 0.3 is 0 Å². The first-order valence-corrected chi connectivity index (χ1v) is 10.7. The van der Waals surface area contributed by atoms with E-state index in [9.17, 15) is 9.18 Å². The molecule has 170 valence electrons. The highest BCUT2D eigenvalue weighted by Crippen LogP contribution is 2.33. The van der Waals surface area contributed by atoms with Crippen molar-refractivity contribution in [1.82, 2.24) is 34.8 Å². The zero-order valence-electron chi connectivity index (χ0n) is 19.0. The minimum atomic E-state index is -0.398. The fourth-order valence-electron chi connectivity index (χ4n) is 3.78. The minimum absolute atomic E-state index is 0.0236. The van der Waals surface area contributed by atoms with Crippen LogP contribution in [0, 0.1) is 12.7 Å². The number of halogens is 1. The first kappa shape index (κ1) is 21.4. The van der Waals surface area contributed by atoms with Crippen LogP contribution in [-0.4, -0.2) is 54.8 Å². The van der Waals surface area contributed by atoms with Crippen molar-refractivity contribution >= 4 is 16.7 Å². The number of hydrogen-bond donors (Lipinski definition) is 1. The fourth-order valence-corrected chi connectivity index (χ4v) is 3.78. The Labute approximate surface area is 195 Å². The second-order valence-electron chi connectivity index (χ2n) is 8.28. The van der Waals surface area contributed by atoms with E-state index in [4.69, 9.17) is 0 Å². The lowest BCUT2D eigenvalue weighted by atomic mass is 9.97. The van der Waals surface area contributed by atoms with Gasteiger partial charge in [-0.1, -0.05) is 24.3 Å². The van der Waals surface area contributed by atoms with Crippen LogP contribution in [-0.2, 0) is 11.3 Å². The average molecular weight is 455 g/mol. The summed E-state index contributed by atoms with van der Waals surface area (Å²) in [5.74, 6) is 0.518. The zero-order chi connectivity index (χ0) is 23.8. The van der Waals surface area contributed by atoms with Gasteiger partial charge in [-0.05, 0) is 35.6 Å². The summed E-state index contributed by atoms with van der Waals surface area (Å²) < 4.78 is 16.4. The first-order valence-electron chi connectivity index (χ1n) is 10.7. The number of aryl methyl sites for hydroxylation is 1. The van der Waals surface area contributed by atoms with Crippen LogP contribution in [0.1, 0.15) is 5.82 Å². The van der Waals surface area contributed by atoms with E-state index in [2.05, 4.69) is 25.3 Å². The highest BCUT2D eigenvalue weighted by atomic mass is 19.1. The van der Waals surface area contributed by atoms with Crippen molar-refractivity contribution < 1.29 is 9.18 Å². The van der Waals surface area contributed by atoms with Crippen molar-refractivity contribution in [2.45, 2.75) is 13.5 Å². The molecular formula is C25H22FN7O. The highest BCUT2D eigenvalue weighted by molar-refractivity contribution is 5.98. The van der Waals surface area contributed by atoms with Crippen molar-refractivity contribution in [1.29, 1.82) is 0 Å². The van der Waals surface area contributed by atoms with E-state index in [0.717, 1.165) is 27.6 Å². The van der Waals surface area contributed by atoms with E-state index in [1.807, 2.05) is 30.5 Å². The quantitative estimate of drug-likeness (QED) is 0.431. The number of fused-ring (bicyclic) bond motifs is 1. The van der Waals surface area contributed by atoms with E-state index < -0.39 is 5.82 Å². The number of amides is 1. The molecule has 3 aromatic heterocycles. The van der Waals surface area contributed by atoms with Gasteiger partial charge < -0.3 is 4.90 Å². The topological polar surface area (TPSA) is 92.6 Å². The van der Waals surface area contributed by atoms with Gasteiger partial charge in [0.25, 0.3) is 0 Å². The molecule has 2 aromatic carbocycles. The molecule has 0 aliphatic rings. The van der Waals surface area contributed by atoms with Crippen molar-refractivity contribution in [2.24, 2.45) is 0 Å². The Balaban J connectivity index is 1.49. The summed E-state index contributed by atoms with van der Waals surface area (Å²) in [6, 6.07) is 11.2. The Morgan fingerprint density at radius 3 is 2.50 bits per heavy atom. The molecule has 1 amide bonds. The van der Waals surface area contributed by atoms with Gasteiger partial charge in [-0.2, -0.15) is 10.2 Å². The van der Waals surface area contributed by atoms with Crippen molar-refractivity contribution in [2.75, 3.05) is 14.1 Å². The number of aromatic nitrogens is 6. The summed E-state index contributed by atoms with van der Waals surface area (Å²) in [7, 11) is 3.44. The fraction of sp³-hybridized carbons (Fsp3) is 0.160. The number of carbonyl (C=O) groups is 1. The van der Waals surface area contributed by atoms with Crippen LogP contribution in [0.4, 0.5) is 4.39 Å². The average Bonchev–Trinajstić information content (AvgIpc) is 3.47. The number of nitrogens with zero attached hydrogens (tertiary/aromatic N) is 6. The molecule has 0 aliphatic heterocycles. The molecule has 0 bridgehead atoms. The predicted molar refractivity (Wildman–Crippen MR) is 127 cm³/mol. The maximum atomic E-state index is 14.8. The summed E-state index contributed by atoms with van der Waals surface area (Å²) in [4.78, 5) is 22.0. The van der Waals surface area contributed by atoms with Crippen LogP contribution in [0.5, 0.6) is 0 Å². The molecule has 0 saturated carbocycles. The summed E-state index contributed by atoms with van der Waals surface area (Å²) in [6.07, 6.45) is 7.01. The number of benzene rings is 2. The van der Waals surface area contributed by atoms with Gasteiger partial charge in [0.2, 0.25) is 5.91 Å². The standard InChI is InChI=1S/C25H22FN7O/c1-15-29-25(31-30-15)21-9-20-18(8-23(21)26)10-27-12-22(20)17-6-4-16(5-7-17)19-11-28-33(13-19)14-24(34)32(2)3/h4-13H,14H2,1-3H3,(H,29,30,31). The van der Waals surface area contributed by atoms with Crippen molar-refractivity contribution in [3.05, 3.63) is 72.8 Å². The smallest absolute Gasteiger partial charge is 0.243 e. The molecular weight excluding hydrogens is 433 g/mol. The largest absolute Gasteiger partial charge is 0.347 e. The number of hydrogen-bond acceptors (Lipinski definition) is 5. The van der Waals surface area contributed by atoms with E-state index in [1.54, 1.807) is 50.4 Å². The molecule has 5 aromatic rings. The summed E-state index contributed by atoms with van der Waals surface area (Å²) in [6.45, 7) is 1.96. The Morgan fingerprint density at radius 2 is 1.79 bits per heavy atom. The molecule has 3 heterocycles. The molecule has 0 fully saturated rings. The second kappa shape index (κ2) is 8.51. The van der Waals surface area contributed by atoms with Crippen LogP contribution in [0.2, 0.25) is 0 Å². The Morgan fingerprint density at radius 1 is 1.03 bits per heavy atom. The number of rotatable bonds is 5. The van der Waals surface area contributed by atoms with Crippen LogP contribution in [0.3, 0.4) is 0 Å². The molecule has 34 heavy (non-hydrogen) atoms. The maximum absolute atomic E-state index is 14.8. The number of aromatic amines is 1. The van der Waals surface area contributed by atoms with Gasteiger partial charge in [0.1, 0.15) is 18.2 Å². The van der Waals surface area contributed by atoms with Crippen LogP contribution >= 0.6 is 0 Å². The second-order valence-corrected chi connectivity index (χ2v) is 8.28. The summed E-state index contributed by atoms with van der Waals surface area (Å²) in [5, 5.41) is 12.7. The van der Waals surface area contributed by atoms with Crippen molar-refractivity contribution in [3.8, 4) is 33.6 Å². The maximum Gasteiger partial charge on any atom is 0.243 e. The number of H-pyrrole nitrogens is 1. The molecule has 0 aliphatic carbocycles. The Bertz CT molecular complexity index is 1500. The molecule has 1 N–H and O–H groups in total. The zero-order valence-corrected chi connectivity index (χ0v) is 19.0. The van der Waals surface area contributed by atoms with E-state index in [0.29, 0.717) is 22.6 Å². The lowest BCUT2D eigenvalue weighted by Crippen LogP contribution is -2.26. The third-order valence-electron chi connectivity index (χ3n) is 5.64. The van der Waals surface area contributed by atoms with Crippen LogP contribution in [0.25, 0.3) is 44.4 Å². The van der Waals surface area contributed by atoms with Crippen molar-refractivity contribution in [3.63, 3.8) is 0 Å². The van der Waals surface area contributed by atoms with Crippen LogP contribution < -0.4 is 0 Å². The molecule has 0 unspecified atom stereocenters. The minimum Gasteiger partial charge on any atom is -0.347 e. The van der Waals surface area contributed by atoms with Gasteiger partial charge in [-0.3, -0.25) is 19.6 Å². The number of nitrogens with one attached hydrogen (secondary N) is 1. The number of pyridine rings is 1. The van der Waals surface area contributed by atoms with E-state index in [-0.39, 0.29) is 12.5 Å². The van der Waals surface area contributed by atoms with Crippen LogP contribution in [0.15, 0.2) is 61.2 Å². The third-order valence-corrected chi connectivity index (χ3v) is 5.64. The number of likely N-dealkylation sites (N-methyl/N-ethyl adjacent to an activating group) is 1. The lowest BCUT2D eigenvalue weighted by Gasteiger charge is -2.10. The molecule has 0 spiro atoms. The summed E-state index contributed by atoms with van der Waals surface area (Å²) >= 11 is 0. The van der Waals surface area contributed by atoms with Gasteiger partial charge in [-0.25, -0.2) is 9.37 Å². The molecule has 8 nitrogen and oxygen atoms in total. The first-order chi connectivity index (χ1) is 16.4. The molecule has 0 atom stereocenters. The monoisotopic (exact) mass is 455 g/mol. The van der Waals surface area contributed by atoms with E-state index in [1.165, 1.54) is 11.0 Å². The third kappa shape index (κ3) is 4.03. The van der Waals surface area contributed by atoms with Gasteiger partial charge in [0, 0.05) is 49.2 Å². The Kier molecular flexibility index (Phi) is 5.37. The lowest BCUT2D eigenvalue weighted by molar-refractivity contribution is -0.129. The Hall–Kier alpha value is -4.40. The summed E-state index contributed by atoms with van der Waals surface area (Å²) in [5.41, 5.74) is 4.05.